The first kappa shape index (κ1) is 15.8. The van der Waals surface area contributed by atoms with Gasteiger partial charge in [0.25, 0.3) is 0 Å². The van der Waals surface area contributed by atoms with Crippen LogP contribution in [0.4, 0.5) is 0 Å². The van der Waals surface area contributed by atoms with Gasteiger partial charge in [0.2, 0.25) is 0 Å². The lowest BCUT2D eigenvalue weighted by Crippen LogP contribution is -2.20. The van der Waals surface area contributed by atoms with Crippen molar-refractivity contribution in [2.45, 2.75) is 25.3 Å². The van der Waals surface area contributed by atoms with Gasteiger partial charge in [-0.2, -0.15) is 0 Å². The molecule has 0 aliphatic carbocycles. The van der Waals surface area contributed by atoms with Gasteiger partial charge in [-0.05, 0) is 0 Å². The molecule has 0 atom stereocenters. The van der Waals surface area contributed by atoms with Crippen LogP contribution in [0.1, 0.15) is 13.3 Å². The van der Waals surface area contributed by atoms with Crippen LogP contribution in [0.5, 0.6) is 0 Å². The van der Waals surface area contributed by atoms with E-state index in [0.717, 1.165) is 6.08 Å². The minimum Gasteiger partial charge on any atom is -0.478 e. The molecule has 4 nitrogen and oxygen atoms in total. The van der Waals surface area contributed by atoms with Crippen LogP contribution < -0.4 is 0 Å². The molecule has 84 valence electrons. The largest absolute Gasteiger partial charge is 0.478 e. The summed E-state index contributed by atoms with van der Waals surface area (Å²) in [6.45, 7) is 5.15. The van der Waals surface area contributed by atoms with Crippen molar-refractivity contribution in [1.29, 1.82) is 0 Å². The van der Waals surface area contributed by atoms with Crippen molar-refractivity contribution in [1.82, 2.24) is 0 Å². The Morgan fingerprint density at radius 3 is 2.21 bits per heavy atom. The predicted octanol–water partition coefficient (Wildman–Crippen LogP) is 0.817. The van der Waals surface area contributed by atoms with Crippen LogP contribution in [-0.4, -0.2) is 40.7 Å². The van der Waals surface area contributed by atoms with E-state index in [4.69, 9.17) is 14.6 Å². The number of carboxylic acid groups (broad SMARTS) is 1. The fourth-order valence-electron chi connectivity index (χ4n) is 0.703. The van der Waals surface area contributed by atoms with Crippen LogP contribution in [-0.2, 0) is 14.3 Å². The first-order chi connectivity index (χ1) is 6.62. The van der Waals surface area contributed by atoms with Gasteiger partial charge >= 0.3 is 5.97 Å². The molecule has 0 fully saturated rings. The smallest absolute Gasteiger partial charge is 0.327 e. The van der Waals surface area contributed by atoms with Gasteiger partial charge in [-0.25, -0.2) is 4.79 Å². The number of ether oxygens (including phenoxy) is 2. The van der Waals surface area contributed by atoms with E-state index in [1.165, 1.54) is 12.5 Å². The second-order valence-electron chi connectivity index (χ2n) is 2.59. The highest BCUT2D eigenvalue weighted by molar-refractivity contribution is 6.36. The highest BCUT2D eigenvalue weighted by Gasteiger charge is 2.02. The summed E-state index contributed by atoms with van der Waals surface area (Å²) < 4.78 is 10.1. The first-order valence-corrected chi connectivity index (χ1v) is 6.34. The summed E-state index contributed by atoms with van der Waals surface area (Å²) in [7, 11) is 3.29. The van der Waals surface area contributed by atoms with E-state index >= 15 is 0 Å². The Hall–Kier alpha value is -0.653. The van der Waals surface area contributed by atoms with Crippen molar-refractivity contribution in [3.8, 4) is 0 Å². The second kappa shape index (κ2) is 12.3. The summed E-state index contributed by atoms with van der Waals surface area (Å²) in [6, 6.07) is 1.31. The molecule has 0 amide bonds. The number of carboxylic acids is 1. The topological polar surface area (TPSA) is 55.8 Å². The molecule has 0 aliphatic rings. The lowest BCUT2D eigenvalue weighted by molar-refractivity contribution is -0.131. The maximum Gasteiger partial charge on any atom is 0.327 e. The maximum atomic E-state index is 9.25. The van der Waals surface area contributed by atoms with Gasteiger partial charge in [0, 0.05) is 20.3 Å². The van der Waals surface area contributed by atoms with Crippen molar-refractivity contribution >= 4 is 15.5 Å². The molecule has 0 saturated carbocycles. The second-order valence-corrected chi connectivity index (χ2v) is 4.54. The molecule has 0 aromatic rings. The number of rotatable bonds is 6. The third-order valence-electron chi connectivity index (χ3n) is 1.49. The zero-order valence-corrected chi connectivity index (χ0v) is 10.6. The van der Waals surface area contributed by atoms with E-state index < -0.39 is 5.97 Å². The summed E-state index contributed by atoms with van der Waals surface area (Å²) in [5.74, 6) is -0.838. The van der Waals surface area contributed by atoms with E-state index in [-0.39, 0.29) is 15.4 Å². The monoisotopic (exact) mass is 220 g/mol. The minimum absolute atomic E-state index is 0.119. The Labute approximate surface area is 87.7 Å². The van der Waals surface area contributed by atoms with Crippen LogP contribution in [0.25, 0.3) is 0 Å². The van der Waals surface area contributed by atoms with E-state index in [2.05, 4.69) is 13.5 Å². The van der Waals surface area contributed by atoms with Crippen LogP contribution in [0.15, 0.2) is 12.7 Å². The van der Waals surface area contributed by atoms with Gasteiger partial charge in [-0.3, -0.25) is 0 Å². The van der Waals surface area contributed by atoms with Crippen LogP contribution in [0.3, 0.4) is 0 Å². The molecule has 0 spiro atoms. The van der Waals surface area contributed by atoms with Crippen molar-refractivity contribution < 1.29 is 19.4 Å². The average molecular weight is 220 g/mol. The molecule has 0 aromatic heterocycles. The van der Waals surface area contributed by atoms with Crippen molar-refractivity contribution in [3.63, 3.8) is 0 Å². The fourth-order valence-corrected chi connectivity index (χ4v) is 1.92. The zero-order chi connectivity index (χ0) is 11.4. The van der Waals surface area contributed by atoms with Crippen LogP contribution >= 0.6 is 0 Å². The van der Waals surface area contributed by atoms with Crippen molar-refractivity contribution in [2.24, 2.45) is 0 Å². The predicted molar refractivity (Wildman–Crippen MR) is 59.3 cm³/mol. The normalized spacial score (nSPS) is 10.0. The molecule has 0 bridgehead atoms. The summed E-state index contributed by atoms with van der Waals surface area (Å²) in [5, 5.41) is 7.60. The molecule has 0 saturated heterocycles. The van der Waals surface area contributed by atoms with E-state index in [9.17, 15) is 4.79 Å². The highest BCUT2D eigenvalue weighted by Crippen LogP contribution is 1.94. The third-order valence-corrected chi connectivity index (χ3v) is 3.75. The average Bonchev–Trinajstić information content (AvgIpc) is 2.20. The van der Waals surface area contributed by atoms with E-state index in [1.54, 1.807) is 14.2 Å². The molecular weight excluding hydrogens is 200 g/mol. The molecule has 14 heavy (non-hydrogen) atoms. The lowest BCUT2D eigenvalue weighted by atomic mass is 10.6. The summed E-state index contributed by atoms with van der Waals surface area (Å²) in [5.41, 5.74) is 0. The van der Waals surface area contributed by atoms with Gasteiger partial charge in [0.05, 0.1) is 9.52 Å². The van der Waals surface area contributed by atoms with Gasteiger partial charge in [-0.1, -0.05) is 26.0 Å². The van der Waals surface area contributed by atoms with E-state index in [0.29, 0.717) is 0 Å². The molecule has 0 aliphatic heterocycles. The standard InChI is InChI=1S/C6H16O2Si.C3H4O2/c1-4-5-9-6(7-2)8-3;1-2-3(4)5/h6H,4-5,9H2,1-3H3;2H,1H2,(H,4,5). The highest BCUT2D eigenvalue weighted by atomic mass is 28.2. The van der Waals surface area contributed by atoms with Crippen molar-refractivity contribution in [3.05, 3.63) is 12.7 Å². The van der Waals surface area contributed by atoms with Gasteiger partial charge < -0.3 is 14.6 Å². The lowest BCUT2D eigenvalue weighted by Gasteiger charge is -2.10. The number of hydrogen-bond acceptors (Lipinski definition) is 3. The zero-order valence-electron chi connectivity index (χ0n) is 9.16. The van der Waals surface area contributed by atoms with Gasteiger partial charge in [0.1, 0.15) is 5.91 Å². The molecule has 1 N–H and O–H groups in total. The van der Waals surface area contributed by atoms with Crippen LogP contribution in [0.2, 0.25) is 6.04 Å². The SMILES string of the molecule is C=CC(=O)O.CCC[SiH2]C(OC)OC. The third kappa shape index (κ3) is 13.9. The Bertz CT molecular complexity index is 146. The molecule has 0 unspecified atom stereocenters. The molecule has 5 heteroatoms. The number of hydrogen-bond donors (Lipinski definition) is 1. The van der Waals surface area contributed by atoms with E-state index in [1.807, 2.05) is 0 Å². The molecule has 0 rings (SSSR count). The number of methoxy groups -OCH3 is 2. The molecule has 0 aromatic carbocycles. The van der Waals surface area contributed by atoms with Gasteiger partial charge in [-0.15, -0.1) is 0 Å². The van der Waals surface area contributed by atoms with Gasteiger partial charge in [0.15, 0.2) is 0 Å². The molecular formula is C9H20O4Si. The number of carbonyl (C=O) groups is 1. The Morgan fingerprint density at radius 1 is 1.57 bits per heavy atom. The Kier molecular flexibility index (Phi) is 13.9. The van der Waals surface area contributed by atoms with Crippen molar-refractivity contribution in [2.75, 3.05) is 14.2 Å². The molecule has 0 heterocycles. The fraction of sp³-hybridized carbons (Fsp3) is 0.667. The summed E-state index contributed by atoms with van der Waals surface area (Å²) >= 11 is 0. The quantitative estimate of drug-likeness (QED) is 0.409. The maximum absolute atomic E-state index is 9.25. The summed E-state index contributed by atoms with van der Waals surface area (Å²) in [4.78, 5) is 9.25. The first-order valence-electron chi connectivity index (χ1n) is 4.53. The summed E-state index contributed by atoms with van der Waals surface area (Å²) in [6.07, 6.45) is 2.09. The minimum atomic E-state index is -0.981. The van der Waals surface area contributed by atoms with Crippen LogP contribution in [0, 0.1) is 0 Å². The number of aliphatic carboxylic acids is 1. The molecule has 0 radical (unpaired) electrons. The Morgan fingerprint density at radius 2 is 2.00 bits per heavy atom. The Balaban J connectivity index is 0.